The number of aliphatic imine (C=N–C) groups is 1. The first-order valence-electron chi connectivity index (χ1n) is 3.15. The van der Waals surface area contributed by atoms with Crippen molar-refractivity contribution >= 4 is 10.6 Å². The summed E-state index contributed by atoms with van der Waals surface area (Å²) in [5.41, 5.74) is 0.953. The first-order valence-corrected chi connectivity index (χ1v) is 4.62. The summed E-state index contributed by atoms with van der Waals surface area (Å²) < 4.78 is 2.95. The number of rotatable bonds is 2. The minimum Gasteiger partial charge on any atom is 0 e. The predicted molar refractivity (Wildman–Crippen MR) is 41.9 cm³/mol. The van der Waals surface area contributed by atoms with E-state index >= 15 is 0 Å². The van der Waals surface area contributed by atoms with Gasteiger partial charge in [-0.1, -0.05) is 13.8 Å². The second kappa shape index (κ2) is 23.2. The van der Waals surface area contributed by atoms with E-state index in [1.54, 1.807) is 6.92 Å². The zero-order valence-electron chi connectivity index (χ0n) is 8.01. The van der Waals surface area contributed by atoms with E-state index in [0.29, 0.717) is 0 Å². The standard InChI is InChI=1S/C6H6N.C2H6.W.2Y/c1-4-7-5-6(2)3;1-2;;;/h1-2H3;1-2H3;;;/q-3;;;;. The summed E-state index contributed by atoms with van der Waals surface area (Å²) in [4.78, 5) is 3.66. The van der Waals surface area contributed by atoms with E-state index in [1.807, 2.05) is 20.8 Å². The molecule has 0 aromatic heterocycles. The number of allylic oxidation sites excluding steroid dienone is 1. The van der Waals surface area contributed by atoms with Crippen LogP contribution in [0.5, 0.6) is 0 Å². The third-order valence-corrected chi connectivity index (χ3v) is 1.59. The first kappa shape index (κ1) is 23.8. The smallest absolute Gasteiger partial charge is 0 e. The summed E-state index contributed by atoms with van der Waals surface area (Å²) in [6.07, 6.45) is 5.32. The summed E-state index contributed by atoms with van der Waals surface area (Å²) in [6, 6.07) is 0. The summed E-state index contributed by atoms with van der Waals surface area (Å²) in [5.74, 6) is 0. The molecule has 2 radical (unpaired) electrons. The van der Waals surface area contributed by atoms with Crippen molar-refractivity contribution in [3.8, 4) is 0 Å². The molecule has 0 unspecified atom stereocenters. The van der Waals surface area contributed by atoms with Gasteiger partial charge in [0, 0.05) is 65.4 Å². The van der Waals surface area contributed by atoms with E-state index in [0.717, 1.165) is 5.57 Å². The van der Waals surface area contributed by atoms with Crippen molar-refractivity contribution in [1.82, 2.24) is 0 Å². The van der Waals surface area contributed by atoms with Gasteiger partial charge in [-0.05, 0) is 0 Å². The molecule has 0 aliphatic rings. The van der Waals surface area contributed by atoms with Crippen LogP contribution in [-0.2, 0) is 84.8 Å². The average Bonchev–Trinajstić information content (AvgIpc) is 2.04. The molecule has 0 atom stereocenters. The van der Waals surface area contributed by atoms with Crippen molar-refractivity contribution in [1.29, 1.82) is 0 Å². The molecule has 64 valence electrons. The van der Waals surface area contributed by atoms with Crippen LogP contribution in [0.1, 0.15) is 27.7 Å². The van der Waals surface area contributed by atoms with Crippen LogP contribution in [0.2, 0.25) is 0 Å². The Morgan fingerprint density at radius 2 is 1.67 bits per heavy atom. The second-order valence-corrected chi connectivity index (χ2v) is 1.91. The third kappa shape index (κ3) is 22.8. The number of hydrogen-bond donors (Lipinski definition) is 0. The fraction of sp³-hybridized carbons (Fsp3) is 0.500. The van der Waals surface area contributed by atoms with Gasteiger partial charge < -0.3 is 0 Å². The molecule has 0 N–H and O–H groups in total. The van der Waals surface area contributed by atoms with E-state index in [4.69, 9.17) is 0 Å². The SMILES string of the molecule is CC.C[C-]=N[C-]=C(C)[C-]=[W].[Y].[Y]. The zero-order chi connectivity index (χ0) is 8.41. The third-order valence-electron chi connectivity index (χ3n) is 0.489. The normalized spacial score (nSPS) is 8.83. The van der Waals surface area contributed by atoms with Crippen LogP contribution in [-0.4, -0.2) is 10.6 Å². The Bertz CT molecular complexity index is 133. The van der Waals surface area contributed by atoms with Crippen LogP contribution in [0.15, 0.2) is 10.6 Å². The minimum absolute atomic E-state index is 0. The average molecular weight is 484 g/mol. The van der Waals surface area contributed by atoms with Crippen LogP contribution in [0.25, 0.3) is 0 Å². The van der Waals surface area contributed by atoms with Crippen molar-refractivity contribution in [3.05, 3.63) is 11.8 Å². The molecule has 0 rings (SSSR count). The van der Waals surface area contributed by atoms with E-state index in [1.165, 1.54) is 19.4 Å². The molecule has 0 heterocycles. The van der Waals surface area contributed by atoms with E-state index < -0.39 is 0 Å². The van der Waals surface area contributed by atoms with Gasteiger partial charge in [0.05, 0.1) is 0 Å². The predicted octanol–water partition coefficient (Wildman–Crippen LogP) is 1.91. The fourth-order valence-electron chi connectivity index (χ4n) is 0.163. The maximum Gasteiger partial charge on any atom is 0 e. The summed E-state index contributed by atoms with van der Waals surface area (Å²) in [6.45, 7) is 7.65. The van der Waals surface area contributed by atoms with Gasteiger partial charge in [0.15, 0.2) is 0 Å². The zero-order valence-corrected chi connectivity index (χ0v) is 16.6. The summed E-state index contributed by atoms with van der Waals surface area (Å²) in [5, 5.41) is 0. The van der Waals surface area contributed by atoms with E-state index in [9.17, 15) is 0 Å². The maximum absolute atomic E-state index is 3.66. The quantitative estimate of drug-likeness (QED) is 0.420. The fourth-order valence-corrected chi connectivity index (χ4v) is 0.327. The van der Waals surface area contributed by atoms with Crippen molar-refractivity contribution < 1.29 is 84.8 Å². The van der Waals surface area contributed by atoms with Gasteiger partial charge >= 0.3 is 60.6 Å². The molecule has 0 saturated heterocycles. The van der Waals surface area contributed by atoms with Crippen molar-refractivity contribution in [2.24, 2.45) is 4.99 Å². The molecule has 0 aromatic rings. The van der Waals surface area contributed by atoms with Crippen molar-refractivity contribution in [2.45, 2.75) is 27.7 Å². The largest absolute Gasteiger partial charge is 0 e. The molecule has 0 amide bonds. The van der Waals surface area contributed by atoms with Gasteiger partial charge in [-0.15, -0.1) is 0 Å². The Hall–Kier alpha value is 2.18. The van der Waals surface area contributed by atoms with Gasteiger partial charge in [-0.25, -0.2) is 0 Å². The Balaban J connectivity index is -0.0000000740. The molecular formula is C8H12NWY2-3. The van der Waals surface area contributed by atoms with E-state index in [-0.39, 0.29) is 65.4 Å². The molecule has 0 saturated carbocycles. The maximum atomic E-state index is 3.66. The Morgan fingerprint density at radius 1 is 1.25 bits per heavy atom. The molecule has 0 spiro atoms. The summed E-state index contributed by atoms with van der Waals surface area (Å²) in [7, 11) is 0. The van der Waals surface area contributed by atoms with Crippen LogP contribution < -0.4 is 0 Å². The summed E-state index contributed by atoms with van der Waals surface area (Å²) >= 11 is 1.30. The molecule has 0 bridgehead atoms. The van der Waals surface area contributed by atoms with Crippen LogP contribution >= 0.6 is 0 Å². The van der Waals surface area contributed by atoms with Gasteiger partial charge in [0.2, 0.25) is 0 Å². The van der Waals surface area contributed by atoms with Crippen LogP contribution in [0, 0.1) is 6.20 Å². The minimum atomic E-state index is 0. The number of nitrogens with zero attached hydrogens (tertiary/aromatic N) is 1. The van der Waals surface area contributed by atoms with Gasteiger partial charge in [-0.3, -0.25) is 0 Å². The van der Waals surface area contributed by atoms with Gasteiger partial charge in [0.1, 0.15) is 0 Å². The first-order chi connectivity index (χ1) is 4.81. The van der Waals surface area contributed by atoms with Gasteiger partial charge in [-0.2, -0.15) is 0 Å². The second-order valence-electron chi connectivity index (χ2n) is 1.17. The van der Waals surface area contributed by atoms with Crippen LogP contribution in [0.3, 0.4) is 0 Å². The molecule has 0 aromatic carbocycles. The molecule has 0 fully saturated rings. The molecule has 4 heteroatoms. The Morgan fingerprint density at radius 3 is 1.92 bits per heavy atom. The Kier molecular flexibility index (Phi) is 45.9. The molecular weight excluding hydrogens is 472 g/mol. The molecule has 12 heavy (non-hydrogen) atoms. The Labute approximate surface area is 137 Å². The monoisotopic (exact) mass is 484 g/mol. The molecule has 1 nitrogen and oxygen atoms in total. The molecule has 0 aliphatic carbocycles. The van der Waals surface area contributed by atoms with Crippen molar-refractivity contribution in [2.75, 3.05) is 0 Å². The topological polar surface area (TPSA) is 12.4 Å². The van der Waals surface area contributed by atoms with Crippen molar-refractivity contribution in [3.63, 3.8) is 0 Å². The van der Waals surface area contributed by atoms with Gasteiger partial charge in [0.25, 0.3) is 0 Å². The van der Waals surface area contributed by atoms with E-state index in [2.05, 4.69) is 21.8 Å². The molecule has 0 aliphatic heterocycles. The number of hydrogen-bond acceptors (Lipinski definition) is 1. The van der Waals surface area contributed by atoms with Crippen LogP contribution in [0.4, 0.5) is 0 Å².